The Morgan fingerprint density at radius 3 is 2.38 bits per heavy atom. The van der Waals surface area contributed by atoms with Crippen LogP contribution in [0.4, 0.5) is 8.78 Å². The van der Waals surface area contributed by atoms with Gasteiger partial charge in [-0.25, -0.2) is 8.78 Å². The van der Waals surface area contributed by atoms with Crippen molar-refractivity contribution in [3.8, 4) is 5.75 Å². The standard InChI is InChI=1S/C12H14F2O2/c1-16-11-7-9(13)8(6-10(11)14)12(15)4-2-3-5-12/h6-7,15H,2-5H2,1H3. The van der Waals surface area contributed by atoms with E-state index >= 15 is 0 Å². The van der Waals surface area contributed by atoms with Gasteiger partial charge in [0.2, 0.25) is 0 Å². The summed E-state index contributed by atoms with van der Waals surface area (Å²) in [6.07, 6.45) is 2.64. The van der Waals surface area contributed by atoms with Gasteiger partial charge >= 0.3 is 0 Å². The predicted octanol–water partition coefficient (Wildman–Crippen LogP) is 2.74. The first-order valence-corrected chi connectivity index (χ1v) is 5.33. The molecule has 1 fully saturated rings. The summed E-state index contributed by atoms with van der Waals surface area (Å²) >= 11 is 0. The lowest BCUT2D eigenvalue weighted by molar-refractivity contribution is 0.0403. The first-order valence-electron chi connectivity index (χ1n) is 5.33. The van der Waals surface area contributed by atoms with Gasteiger partial charge < -0.3 is 9.84 Å². The van der Waals surface area contributed by atoms with E-state index in [1.807, 2.05) is 0 Å². The Hall–Kier alpha value is -1.16. The van der Waals surface area contributed by atoms with Crippen LogP contribution in [0.3, 0.4) is 0 Å². The van der Waals surface area contributed by atoms with Crippen LogP contribution in [0.2, 0.25) is 0 Å². The van der Waals surface area contributed by atoms with Crippen LogP contribution in [0.5, 0.6) is 5.75 Å². The Labute approximate surface area is 92.9 Å². The fraction of sp³-hybridized carbons (Fsp3) is 0.500. The van der Waals surface area contributed by atoms with Crippen molar-refractivity contribution in [2.24, 2.45) is 0 Å². The van der Waals surface area contributed by atoms with Gasteiger partial charge in [0.05, 0.1) is 12.7 Å². The van der Waals surface area contributed by atoms with Gasteiger partial charge in [-0.3, -0.25) is 0 Å². The summed E-state index contributed by atoms with van der Waals surface area (Å²) in [6, 6.07) is 2.03. The van der Waals surface area contributed by atoms with Crippen molar-refractivity contribution >= 4 is 0 Å². The van der Waals surface area contributed by atoms with E-state index in [4.69, 9.17) is 0 Å². The molecule has 1 N–H and O–H groups in total. The van der Waals surface area contributed by atoms with Crippen molar-refractivity contribution in [2.45, 2.75) is 31.3 Å². The highest BCUT2D eigenvalue weighted by molar-refractivity contribution is 5.34. The van der Waals surface area contributed by atoms with Crippen LogP contribution in [0.15, 0.2) is 12.1 Å². The zero-order valence-electron chi connectivity index (χ0n) is 9.09. The first kappa shape index (κ1) is 11.3. The third-order valence-electron chi connectivity index (χ3n) is 3.17. The highest BCUT2D eigenvalue weighted by Crippen LogP contribution is 2.40. The van der Waals surface area contributed by atoms with Crippen molar-refractivity contribution in [1.29, 1.82) is 0 Å². The van der Waals surface area contributed by atoms with Crippen molar-refractivity contribution in [1.82, 2.24) is 0 Å². The maximum atomic E-state index is 13.7. The Balaban J connectivity index is 2.45. The lowest BCUT2D eigenvalue weighted by Crippen LogP contribution is -2.23. The molecule has 2 rings (SSSR count). The summed E-state index contributed by atoms with van der Waals surface area (Å²) in [7, 11) is 1.28. The van der Waals surface area contributed by atoms with Crippen LogP contribution in [0, 0.1) is 11.6 Å². The lowest BCUT2D eigenvalue weighted by atomic mass is 9.91. The third kappa shape index (κ3) is 1.78. The molecule has 0 heterocycles. The summed E-state index contributed by atoms with van der Waals surface area (Å²) in [4.78, 5) is 0. The highest BCUT2D eigenvalue weighted by atomic mass is 19.1. The van der Waals surface area contributed by atoms with E-state index in [2.05, 4.69) is 4.74 Å². The summed E-state index contributed by atoms with van der Waals surface area (Å²) < 4.78 is 31.8. The largest absolute Gasteiger partial charge is 0.494 e. The second kappa shape index (κ2) is 4.01. The van der Waals surface area contributed by atoms with Crippen molar-refractivity contribution in [2.75, 3.05) is 7.11 Å². The Kier molecular flexibility index (Phi) is 2.84. The molecule has 1 aromatic rings. The van der Waals surface area contributed by atoms with Gasteiger partial charge in [-0.15, -0.1) is 0 Å². The maximum absolute atomic E-state index is 13.7. The predicted molar refractivity (Wildman–Crippen MR) is 55.3 cm³/mol. The van der Waals surface area contributed by atoms with Gasteiger partial charge in [0.25, 0.3) is 0 Å². The molecule has 0 aliphatic heterocycles. The van der Waals surface area contributed by atoms with Gasteiger partial charge in [-0.2, -0.15) is 0 Å². The van der Waals surface area contributed by atoms with Crippen LogP contribution >= 0.6 is 0 Å². The van der Waals surface area contributed by atoms with Crippen LogP contribution in [-0.2, 0) is 5.60 Å². The third-order valence-corrected chi connectivity index (χ3v) is 3.17. The second-order valence-corrected chi connectivity index (χ2v) is 4.21. The van der Waals surface area contributed by atoms with Crippen molar-refractivity contribution < 1.29 is 18.6 Å². The summed E-state index contributed by atoms with van der Waals surface area (Å²) in [6.45, 7) is 0. The molecule has 1 saturated carbocycles. The molecule has 16 heavy (non-hydrogen) atoms. The summed E-state index contributed by atoms with van der Waals surface area (Å²) in [5.41, 5.74) is -1.17. The zero-order valence-corrected chi connectivity index (χ0v) is 9.09. The minimum atomic E-state index is -1.21. The van der Waals surface area contributed by atoms with E-state index in [0.717, 1.165) is 25.0 Å². The highest BCUT2D eigenvalue weighted by Gasteiger charge is 2.36. The average molecular weight is 228 g/mol. The van der Waals surface area contributed by atoms with Crippen LogP contribution in [0.1, 0.15) is 31.2 Å². The number of benzene rings is 1. The number of rotatable bonds is 2. The molecule has 0 amide bonds. The molecule has 0 atom stereocenters. The van der Waals surface area contributed by atoms with Crippen LogP contribution in [0.25, 0.3) is 0 Å². The molecular weight excluding hydrogens is 214 g/mol. The molecule has 4 heteroatoms. The van der Waals surface area contributed by atoms with Gasteiger partial charge in [0.1, 0.15) is 5.82 Å². The van der Waals surface area contributed by atoms with Gasteiger partial charge in [0.15, 0.2) is 11.6 Å². The molecule has 1 aliphatic rings. The smallest absolute Gasteiger partial charge is 0.165 e. The molecular formula is C12H14F2O2. The number of hydrogen-bond acceptors (Lipinski definition) is 2. The fourth-order valence-electron chi connectivity index (χ4n) is 2.27. The number of methoxy groups -OCH3 is 1. The van der Waals surface area contributed by atoms with E-state index in [9.17, 15) is 13.9 Å². The molecule has 1 aliphatic carbocycles. The SMILES string of the molecule is COc1cc(F)c(C2(O)CCCC2)cc1F. The number of aliphatic hydroxyl groups is 1. The Morgan fingerprint density at radius 1 is 1.19 bits per heavy atom. The van der Waals surface area contributed by atoms with E-state index < -0.39 is 17.2 Å². The molecule has 0 radical (unpaired) electrons. The van der Waals surface area contributed by atoms with Gasteiger partial charge in [-0.05, 0) is 18.9 Å². The average Bonchev–Trinajstić information content (AvgIpc) is 2.69. The quantitative estimate of drug-likeness (QED) is 0.843. The normalized spacial score (nSPS) is 18.8. The van der Waals surface area contributed by atoms with E-state index in [1.54, 1.807) is 0 Å². The van der Waals surface area contributed by atoms with Crippen molar-refractivity contribution in [3.05, 3.63) is 29.3 Å². The van der Waals surface area contributed by atoms with Crippen LogP contribution < -0.4 is 4.74 Å². The molecule has 0 unspecified atom stereocenters. The monoisotopic (exact) mass is 228 g/mol. The van der Waals surface area contributed by atoms with Crippen LogP contribution in [-0.4, -0.2) is 12.2 Å². The Morgan fingerprint density at radius 2 is 1.81 bits per heavy atom. The first-order chi connectivity index (χ1) is 7.57. The molecule has 0 aromatic heterocycles. The van der Waals surface area contributed by atoms with E-state index in [1.165, 1.54) is 7.11 Å². The van der Waals surface area contributed by atoms with Gasteiger partial charge in [0, 0.05) is 11.6 Å². The lowest BCUT2D eigenvalue weighted by Gasteiger charge is -2.23. The molecule has 0 saturated heterocycles. The molecule has 0 spiro atoms. The number of ether oxygens (including phenoxy) is 1. The van der Waals surface area contributed by atoms with E-state index in [0.29, 0.717) is 12.8 Å². The molecule has 2 nitrogen and oxygen atoms in total. The molecule has 88 valence electrons. The number of hydrogen-bond donors (Lipinski definition) is 1. The van der Waals surface area contributed by atoms with E-state index in [-0.39, 0.29) is 11.3 Å². The summed E-state index contributed by atoms with van der Waals surface area (Å²) in [5, 5.41) is 10.2. The molecule has 0 bridgehead atoms. The van der Waals surface area contributed by atoms with Crippen molar-refractivity contribution in [3.63, 3.8) is 0 Å². The Bertz CT molecular complexity index is 398. The minimum absolute atomic E-state index is 0.0447. The summed E-state index contributed by atoms with van der Waals surface area (Å²) in [5.74, 6) is -1.38. The second-order valence-electron chi connectivity index (χ2n) is 4.21. The number of halogens is 2. The fourth-order valence-corrected chi connectivity index (χ4v) is 2.27. The topological polar surface area (TPSA) is 29.5 Å². The molecule has 1 aromatic carbocycles. The minimum Gasteiger partial charge on any atom is -0.494 e. The maximum Gasteiger partial charge on any atom is 0.165 e. The zero-order chi connectivity index (χ0) is 11.8. The van der Waals surface area contributed by atoms with Gasteiger partial charge in [-0.1, -0.05) is 12.8 Å².